The molecule has 2 saturated heterocycles. The second-order valence-corrected chi connectivity index (χ2v) is 11.5. The summed E-state index contributed by atoms with van der Waals surface area (Å²) in [5.74, 6) is -0.305. The highest BCUT2D eigenvalue weighted by atomic mass is 35.5. The Labute approximate surface area is 188 Å². The van der Waals surface area contributed by atoms with E-state index in [1.165, 1.54) is 11.8 Å². The molecule has 2 aliphatic heterocycles. The van der Waals surface area contributed by atoms with Crippen LogP contribution in [-0.4, -0.2) is 42.3 Å². The molecule has 5 nitrogen and oxygen atoms in total. The van der Waals surface area contributed by atoms with Gasteiger partial charge in [0.1, 0.15) is 0 Å². The number of hydrogen-bond donors (Lipinski definition) is 0. The Morgan fingerprint density at radius 3 is 2.48 bits per heavy atom. The highest BCUT2D eigenvalue weighted by Gasteiger charge is 2.49. The molecule has 0 radical (unpaired) electrons. The van der Waals surface area contributed by atoms with Crippen LogP contribution in [0, 0.1) is 0 Å². The number of carbonyl (C=O) groups is 1. The van der Waals surface area contributed by atoms with E-state index in [1.54, 1.807) is 47.4 Å². The predicted molar refractivity (Wildman–Crippen MR) is 120 cm³/mol. The van der Waals surface area contributed by atoms with E-state index in [0.29, 0.717) is 25.9 Å². The second-order valence-electron chi connectivity index (χ2n) is 6.86. The van der Waals surface area contributed by atoms with Gasteiger partial charge in [0.25, 0.3) is 5.91 Å². The Hall–Kier alpha value is -1.25. The monoisotopic (exact) mass is 488 g/mol. The molecular formula is C19H15Cl3N2O3S2. The number of amides is 1. The maximum atomic E-state index is 12.6. The molecule has 4 rings (SSSR count). The first-order valence-corrected chi connectivity index (χ1v) is 12.5. The van der Waals surface area contributed by atoms with Crippen molar-refractivity contribution in [2.45, 2.75) is 17.7 Å². The SMILES string of the molecule is O=C(Cc1ccc(Cl)cc1)N=C1S[C@H]2CS(=O)(=O)C[C@H]2N1c1cc(Cl)ccc1Cl. The van der Waals surface area contributed by atoms with Crippen molar-refractivity contribution in [1.82, 2.24) is 0 Å². The quantitative estimate of drug-likeness (QED) is 0.635. The molecule has 29 heavy (non-hydrogen) atoms. The van der Waals surface area contributed by atoms with Gasteiger partial charge in [0.05, 0.1) is 34.7 Å². The van der Waals surface area contributed by atoms with Crippen molar-refractivity contribution >= 4 is 73.2 Å². The Kier molecular flexibility index (Phi) is 5.88. The van der Waals surface area contributed by atoms with Crippen LogP contribution in [0.1, 0.15) is 5.56 Å². The maximum Gasteiger partial charge on any atom is 0.252 e. The summed E-state index contributed by atoms with van der Waals surface area (Å²) in [6, 6.07) is 11.6. The third kappa shape index (κ3) is 4.59. The van der Waals surface area contributed by atoms with E-state index in [1.807, 2.05) is 0 Å². The highest BCUT2D eigenvalue weighted by Crippen LogP contribution is 2.43. The van der Waals surface area contributed by atoms with Gasteiger partial charge in [-0.2, -0.15) is 4.99 Å². The minimum Gasteiger partial charge on any atom is -0.314 e. The molecule has 2 atom stereocenters. The van der Waals surface area contributed by atoms with Gasteiger partial charge in [-0.05, 0) is 35.9 Å². The summed E-state index contributed by atoms with van der Waals surface area (Å²) in [5.41, 5.74) is 1.34. The van der Waals surface area contributed by atoms with Crippen LogP contribution in [0.3, 0.4) is 0 Å². The van der Waals surface area contributed by atoms with Crippen molar-refractivity contribution < 1.29 is 13.2 Å². The summed E-state index contributed by atoms with van der Waals surface area (Å²) < 4.78 is 24.3. The molecule has 152 valence electrons. The Morgan fingerprint density at radius 2 is 1.76 bits per heavy atom. The first-order valence-electron chi connectivity index (χ1n) is 8.69. The van der Waals surface area contributed by atoms with Crippen LogP contribution in [-0.2, 0) is 21.1 Å². The van der Waals surface area contributed by atoms with Crippen molar-refractivity contribution in [3.05, 3.63) is 63.1 Å². The molecule has 0 aliphatic carbocycles. The zero-order valence-electron chi connectivity index (χ0n) is 14.9. The van der Waals surface area contributed by atoms with Crippen LogP contribution in [0.5, 0.6) is 0 Å². The van der Waals surface area contributed by atoms with Gasteiger partial charge in [-0.1, -0.05) is 58.7 Å². The number of amidine groups is 1. The first-order chi connectivity index (χ1) is 13.7. The lowest BCUT2D eigenvalue weighted by Crippen LogP contribution is -2.38. The van der Waals surface area contributed by atoms with Gasteiger partial charge in [0, 0.05) is 15.3 Å². The molecule has 10 heteroatoms. The Bertz CT molecular complexity index is 1100. The third-order valence-electron chi connectivity index (χ3n) is 4.72. The average molecular weight is 490 g/mol. The molecule has 2 aromatic carbocycles. The summed E-state index contributed by atoms with van der Waals surface area (Å²) in [6.07, 6.45) is 0.117. The highest BCUT2D eigenvalue weighted by molar-refractivity contribution is 8.16. The molecule has 2 aliphatic rings. The normalized spacial score (nSPS) is 24.1. The Morgan fingerprint density at radius 1 is 1.07 bits per heavy atom. The van der Waals surface area contributed by atoms with Crippen molar-refractivity contribution in [2.75, 3.05) is 16.4 Å². The van der Waals surface area contributed by atoms with Crippen molar-refractivity contribution in [3.63, 3.8) is 0 Å². The summed E-state index contributed by atoms with van der Waals surface area (Å²) >= 11 is 19.7. The molecule has 1 amide bonds. The predicted octanol–water partition coefficient (Wildman–Crippen LogP) is 4.49. The molecule has 2 heterocycles. The second kappa shape index (κ2) is 8.12. The van der Waals surface area contributed by atoms with E-state index in [4.69, 9.17) is 34.8 Å². The van der Waals surface area contributed by atoms with E-state index in [-0.39, 0.29) is 35.1 Å². The van der Waals surface area contributed by atoms with Crippen LogP contribution in [0.2, 0.25) is 15.1 Å². The number of fused-ring (bicyclic) bond motifs is 1. The first kappa shape index (κ1) is 21.0. The topological polar surface area (TPSA) is 66.8 Å². The van der Waals surface area contributed by atoms with Gasteiger partial charge in [0.15, 0.2) is 15.0 Å². The van der Waals surface area contributed by atoms with E-state index in [2.05, 4.69) is 4.99 Å². The van der Waals surface area contributed by atoms with E-state index >= 15 is 0 Å². The van der Waals surface area contributed by atoms with Gasteiger partial charge in [0.2, 0.25) is 0 Å². The maximum absolute atomic E-state index is 12.6. The van der Waals surface area contributed by atoms with E-state index in [9.17, 15) is 13.2 Å². The number of anilines is 1. The summed E-state index contributed by atoms with van der Waals surface area (Å²) in [4.78, 5) is 18.6. The van der Waals surface area contributed by atoms with Gasteiger partial charge in [-0.25, -0.2) is 8.42 Å². The fraction of sp³-hybridized carbons (Fsp3) is 0.263. The lowest BCUT2D eigenvalue weighted by atomic mass is 10.1. The number of sulfone groups is 1. The fourth-order valence-electron chi connectivity index (χ4n) is 3.44. The molecule has 0 aromatic heterocycles. The van der Waals surface area contributed by atoms with E-state index < -0.39 is 9.84 Å². The number of nitrogens with zero attached hydrogens (tertiary/aromatic N) is 2. The van der Waals surface area contributed by atoms with Crippen LogP contribution in [0.15, 0.2) is 47.5 Å². The van der Waals surface area contributed by atoms with Crippen molar-refractivity contribution in [3.8, 4) is 0 Å². The van der Waals surface area contributed by atoms with Crippen molar-refractivity contribution in [1.29, 1.82) is 0 Å². The van der Waals surface area contributed by atoms with Crippen molar-refractivity contribution in [2.24, 2.45) is 4.99 Å². The number of rotatable bonds is 3. The number of aliphatic imine (C=N–C) groups is 1. The number of halogens is 3. The van der Waals surface area contributed by atoms with Crippen LogP contribution in [0.4, 0.5) is 5.69 Å². The molecule has 0 saturated carbocycles. The largest absolute Gasteiger partial charge is 0.314 e. The number of hydrogen-bond acceptors (Lipinski definition) is 4. The third-order valence-corrected chi connectivity index (χ3v) is 8.74. The summed E-state index contributed by atoms with van der Waals surface area (Å²) in [5, 5.41) is 1.70. The fourth-order valence-corrected chi connectivity index (χ4v) is 7.86. The smallest absolute Gasteiger partial charge is 0.252 e. The average Bonchev–Trinajstić information content (AvgIpc) is 3.10. The lowest BCUT2D eigenvalue weighted by molar-refractivity contribution is -0.117. The zero-order valence-corrected chi connectivity index (χ0v) is 18.8. The number of thioether (sulfide) groups is 1. The lowest BCUT2D eigenvalue weighted by Gasteiger charge is -2.25. The molecular weight excluding hydrogens is 475 g/mol. The molecule has 0 N–H and O–H groups in total. The summed E-state index contributed by atoms with van der Waals surface area (Å²) in [7, 11) is -3.16. The molecule has 2 fully saturated rings. The van der Waals surface area contributed by atoms with Crippen LogP contribution in [0.25, 0.3) is 0 Å². The minimum atomic E-state index is -3.16. The molecule has 0 bridgehead atoms. The minimum absolute atomic E-state index is 0.0160. The summed E-state index contributed by atoms with van der Waals surface area (Å²) in [6.45, 7) is 0. The van der Waals surface area contributed by atoms with Crippen LogP contribution < -0.4 is 4.90 Å². The Balaban J connectivity index is 1.67. The standard InChI is InChI=1S/C19H15Cl3N2O3S2/c20-12-3-1-11(2-4-12)7-18(25)23-19-24(15-8-13(21)5-6-14(15)22)16-9-29(26,27)10-17(16)28-19/h1-6,8,16-17H,7,9-10H2/t16-,17+/m1/s1. The number of benzene rings is 2. The van der Waals surface area contributed by atoms with Gasteiger partial charge in [-0.15, -0.1) is 0 Å². The molecule has 0 spiro atoms. The van der Waals surface area contributed by atoms with Gasteiger partial charge >= 0.3 is 0 Å². The number of carbonyl (C=O) groups excluding carboxylic acids is 1. The van der Waals surface area contributed by atoms with Crippen LogP contribution >= 0.6 is 46.6 Å². The zero-order chi connectivity index (χ0) is 20.8. The molecule has 2 aromatic rings. The molecule has 0 unspecified atom stereocenters. The van der Waals surface area contributed by atoms with Gasteiger partial charge < -0.3 is 4.90 Å². The van der Waals surface area contributed by atoms with E-state index in [0.717, 1.165) is 5.56 Å². The van der Waals surface area contributed by atoms with Gasteiger partial charge in [-0.3, -0.25) is 4.79 Å².